The summed E-state index contributed by atoms with van der Waals surface area (Å²) in [5.74, 6) is 1.69. The van der Waals surface area contributed by atoms with Crippen molar-refractivity contribution in [3.05, 3.63) is 112 Å². The third-order valence-electron chi connectivity index (χ3n) is 12.5. The molecule has 0 fully saturated rings. The Morgan fingerprint density at radius 2 is 1.09 bits per heavy atom. The molecule has 0 amide bonds. The molecular formula is C48H51BN2O2. The molecule has 3 aliphatic heterocycles. The first-order valence-electron chi connectivity index (χ1n) is 19.8. The lowest BCUT2D eigenvalue weighted by Crippen LogP contribution is -2.61. The Bertz CT molecular complexity index is 2350. The predicted molar refractivity (Wildman–Crippen MR) is 222 cm³/mol. The van der Waals surface area contributed by atoms with E-state index >= 15 is 0 Å². The second-order valence-corrected chi connectivity index (χ2v) is 19.2. The maximum absolute atomic E-state index is 6.44. The van der Waals surface area contributed by atoms with Gasteiger partial charge in [-0.3, -0.25) is 0 Å². The Labute approximate surface area is 316 Å². The number of rotatable bonds is 2. The van der Waals surface area contributed by atoms with Gasteiger partial charge in [-0.2, -0.15) is 0 Å². The quantitative estimate of drug-likeness (QED) is 0.168. The summed E-state index contributed by atoms with van der Waals surface area (Å²) in [5.41, 5.74) is 20.6. The van der Waals surface area contributed by atoms with Gasteiger partial charge in [0.2, 0.25) is 0 Å². The van der Waals surface area contributed by atoms with Crippen molar-refractivity contribution in [3.8, 4) is 11.5 Å². The summed E-state index contributed by atoms with van der Waals surface area (Å²) in [6.45, 7) is 20.2. The van der Waals surface area contributed by atoms with Gasteiger partial charge in [-0.25, -0.2) is 0 Å². The summed E-state index contributed by atoms with van der Waals surface area (Å²) in [4.78, 5) is 5.12. The lowest BCUT2D eigenvalue weighted by Gasteiger charge is -2.45. The van der Waals surface area contributed by atoms with Crippen LogP contribution in [0.2, 0.25) is 0 Å². The first-order valence-corrected chi connectivity index (χ1v) is 19.8. The van der Waals surface area contributed by atoms with Gasteiger partial charge in [0, 0.05) is 46.6 Å². The van der Waals surface area contributed by atoms with Crippen molar-refractivity contribution in [2.24, 2.45) is 10.8 Å². The molecule has 53 heavy (non-hydrogen) atoms. The van der Waals surface area contributed by atoms with Crippen LogP contribution in [0.15, 0.2) is 78.9 Å². The van der Waals surface area contributed by atoms with Crippen molar-refractivity contribution in [1.29, 1.82) is 0 Å². The van der Waals surface area contributed by atoms with Crippen molar-refractivity contribution in [3.63, 3.8) is 0 Å². The molecule has 0 N–H and O–H groups in total. The summed E-state index contributed by atoms with van der Waals surface area (Å²) in [6, 6.07) is 31.1. The maximum atomic E-state index is 6.44. The van der Waals surface area contributed by atoms with E-state index in [4.69, 9.17) is 9.47 Å². The normalized spacial score (nSPS) is 18.5. The van der Waals surface area contributed by atoms with E-state index < -0.39 is 0 Å². The predicted octanol–water partition coefficient (Wildman–Crippen LogP) is 9.79. The smallest absolute Gasteiger partial charge is 0.252 e. The lowest BCUT2D eigenvalue weighted by molar-refractivity contribution is 0.297. The number of hydrogen-bond donors (Lipinski definition) is 0. The standard InChI is InChI=1S/C48H51BN2O2/c1-29-18-41-45-42(19-29)51(36-13-10-30-25-47(5,6)26-31(30)20-36)39-22-33-28-48(7,8)27-32(33)21-37(39)49(45)38-23-43-44(53-17-9-16-52-43)24-40(38)50(41)35-14-11-34(12-15-35)46(2,3)4/h10-15,18-24H,9,16-17,25-28H2,1-8H3. The summed E-state index contributed by atoms with van der Waals surface area (Å²) in [6.07, 6.45) is 5.33. The molecule has 5 aromatic rings. The lowest BCUT2D eigenvalue weighted by atomic mass is 9.33. The molecule has 10 rings (SSSR count). The maximum Gasteiger partial charge on any atom is 0.252 e. The van der Waals surface area contributed by atoms with Crippen LogP contribution in [0, 0.1) is 17.8 Å². The number of hydrogen-bond acceptors (Lipinski definition) is 4. The van der Waals surface area contributed by atoms with Crippen molar-refractivity contribution < 1.29 is 9.47 Å². The van der Waals surface area contributed by atoms with Gasteiger partial charge < -0.3 is 19.3 Å². The fourth-order valence-corrected chi connectivity index (χ4v) is 10.2. The van der Waals surface area contributed by atoms with Crippen LogP contribution in [0.4, 0.5) is 34.1 Å². The van der Waals surface area contributed by atoms with E-state index in [-0.39, 0.29) is 23.0 Å². The highest BCUT2D eigenvalue weighted by Gasteiger charge is 2.46. The van der Waals surface area contributed by atoms with Crippen LogP contribution < -0.4 is 35.7 Å². The molecule has 5 aromatic carbocycles. The minimum atomic E-state index is 0.0477. The molecule has 2 aliphatic carbocycles. The molecule has 5 heteroatoms. The van der Waals surface area contributed by atoms with E-state index in [0.717, 1.165) is 49.3 Å². The minimum absolute atomic E-state index is 0.0477. The van der Waals surface area contributed by atoms with E-state index in [1.54, 1.807) is 0 Å². The summed E-state index contributed by atoms with van der Waals surface area (Å²) in [5, 5.41) is 0. The number of nitrogens with zero attached hydrogens (tertiary/aromatic N) is 2. The van der Waals surface area contributed by atoms with Crippen LogP contribution in [0.3, 0.4) is 0 Å². The van der Waals surface area contributed by atoms with Gasteiger partial charge in [-0.1, -0.05) is 72.7 Å². The van der Waals surface area contributed by atoms with Crippen LogP contribution in [0.1, 0.15) is 88.3 Å². The van der Waals surface area contributed by atoms with Gasteiger partial charge in [0.05, 0.1) is 13.2 Å². The van der Waals surface area contributed by atoms with Gasteiger partial charge in [0.15, 0.2) is 11.5 Å². The molecule has 0 saturated heterocycles. The topological polar surface area (TPSA) is 24.9 Å². The van der Waals surface area contributed by atoms with Crippen LogP contribution in [0.25, 0.3) is 0 Å². The fraction of sp³-hybridized carbons (Fsp3) is 0.375. The monoisotopic (exact) mass is 698 g/mol. The third kappa shape index (κ3) is 5.24. The van der Waals surface area contributed by atoms with Crippen molar-refractivity contribution >= 4 is 57.2 Å². The molecule has 268 valence electrons. The second-order valence-electron chi connectivity index (χ2n) is 19.2. The highest BCUT2D eigenvalue weighted by atomic mass is 16.5. The SMILES string of the molecule is Cc1cc2c3c(c1)N(c1ccc(C(C)(C)C)cc1)c1cc4c(cc1B3c1cc3c(cc1N2c1ccc2c(c1)CC(C)(C)C2)CC(C)(C)C3)OCCCO4. The zero-order valence-corrected chi connectivity index (χ0v) is 32.7. The van der Waals surface area contributed by atoms with Crippen LogP contribution >= 0.6 is 0 Å². The molecule has 4 nitrogen and oxygen atoms in total. The van der Waals surface area contributed by atoms with E-state index in [0.29, 0.717) is 13.2 Å². The largest absolute Gasteiger partial charge is 0.490 e. The summed E-state index contributed by atoms with van der Waals surface area (Å²) in [7, 11) is 0. The number of ether oxygens (including phenoxy) is 2. The average molecular weight is 699 g/mol. The van der Waals surface area contributed by atoms with E-state index in [2.05, 4.69) is 144 Å². The molecule has 0 spiro atoms. The molecule has 0 unspecified atom stereocenters. The van der Waals surface area contributed by atoms with E-state index in [1.807, 2.05) is 0 Å². The average Bonchev–Trinajstić information content (AvgIpc) is 3.46. The molecule has 0 aromatic heterocycles. The van der Waals surface area contributed by atoms with Gasteiger partial charge >= 0.3 is 0 Å². The first-order chi connectivity index (χ1) is 25.2. The van der Waals surface area contributed by atoms with Crippen molar-refractivity contribution in [2.75, 3.05) is 23.0 Å². The van der Waals surface area contributed by atoms with Gasteiger partial charge in [-0.05, 0) is 147 Å². The minimum Gasteiger partial charge on any atom is -0.490 e. The fourth-order valence-electron chi connectivity index (χ4n) is 10.2. The molecule has 0 atom stereocenters. The Balaban J connectivity index is 1.27. The van der Waals surface area contributed by atoms with E-state index in [1.165, 1.54) is 78.2 Å². The third-order valence-corrected chi connectivity index (χ3v) is 12.5. The number of benzene rings is 5. The van der Waals surface area contributed by atoms with E-state index in [9.17, 15) is 0 Å². The zero-order chi connectivity index (χ0) is 36.6. The summed E-state index contributed by atoms with van der Waals surface area (Å²) >= 11 is 0. The van der Waals surface area contributed by atoms with Gasteiger partial charge in [-0.15, -0.1) is 0 Å². The van der Waals surface area contributed by atoms with Crippen LogP contribution in [-0.2, 0) is 31.1 Å². The Morgan fingerprint density at radius 1 is 0.566 bits per heavy atom. The first kappa shape index (κ1) is 33.0. The highest BCUT2D eigenvalue weighted by Crippen LogP contribution is 2.49. The molecule has 5 aliphatic rings. The van der Waals surface area contributed by atoms with Crippen LogP contribution in [-0.4, -0.2) is 19.9 Å². The Kier molecular flexibility index (Phi) is 6.97. The van der Waals surface area contributed by atoms with Crippen molar-refractivity contribution in [1.82, 2.24) is 0 Å². The zero-order valence-electron chi connectivity index (χ0n) is 32.7. The Hall–Kier alpha value is -4.64. The number of aryl methyl sites for hydroxylation is 1. The molecule has 0 radical (unpaired) electrons. The molecular weight excluding hydrogens is 647 g/mol. The van der Waals surface area contributed by atoms with Gasteiger partial charge in [0.1, 0.15) is 0 Å². The number of anilines is 6. The Morgan fingerprint density at radius 3 is 1.75 bits per heavy atom. The highest BCUT2D eigenvalue weighted by molar-refractivity contribution is 7.00. The van der Waals surface area contributed by atoms with Gasteiger partial charge in [0.25, 0.3) is 6.71 Å². The van der Waals surface area contributed by atoms with Crippen LogP contribution in [0.5, 0.6) is 11.5 Å². The number of fused-ring (bicyclic) bond motifs is 7. The van der Waals surface area contributed by atoms with Crippen molar-refractivity contribution in [2.45, 2.75) is 92.9 Å². The molecule has 0 saturated carbocycles. The summed E-state index contributed by atoms with van der Waals surface area (Å²) < 4.78 is 12.8. The molecule has 3 heterocycles. The molecule has 0 bridgehead atoms. The second kappa shape index (κ2) is 11.2.